The summed E-state index contributed by atoms with van der Waals surface area (Å²) in [5.41, 5.74) is 0. The van der Waals surface area contributed by atoms with Crippen LogP contribution in [0.1, 0.15) is 0 Å². The number of hydrogen-bond acceptors (Lipinski definition) is 1. The van der Waals surface area contributed by atoms with E-state index in [0.717, 1.165) is 0 Å². The molecule has 3 aromatic carbocycles. The molecule has 0 aliphatic heterocycles. The zero-order valence-electron chi connectivity index (χ0n) is 13.0. The molecule has 0 saturated carbocycles. The third-order valence-corrected chi connectivity index (χ3v) is 10.0. The minimum absolute atomic E-state index is 0.394. The van der Waals surface area contributed by atoms with Crippen LogP contribution in [-0.2, 0) is 4.74 Å². The van der Waals surface area contributed by atoms with Crippen molar-refractivity contribution in [3.05, 3.63) is 91.0 Å². The van der Waals surface area contributed by atoms with E-state index in [2.05, 4.69) is 72.8 Å². The summed E-state index contributed by atoms with van der Waals surface area (Å²) < 4.78 is 5.71. The first-order chi connectivity index (χ1) is 11.3. The Labute approximate surface area is 143 Å². The van der Waals surface area contributed by atoms with Crippen LogP contribution in [0.25, 0.3) is 0 Å². The predicted molar refractivity (Wildman–Crippen MR) is 103 cm³/mol. The summed E-state index contributed by atoms with van der Waals surface area (Å²) in [5.74, 6) is 0. The van der Waals surface area contributed by atoms with Gasteiger partial charge in [0, 0.05) is 0 Å². The van der Waals surface area contributed by atoms with Gasteiger partial charge >= 0.3 is 143 Å². The van der Waals surface area contributed by atoms with Crippen LogP contribution in [0.15, 0.2) is 91.0 Å². The molecule has 3 heteroatoms. The summed E-state index contributed by atoms with van der Waals surface area (Å²) in [6.45, 7) is 0. The Kier molecular flexibility index (Phi) is 5.13. The maximum atomic E-state index is 6.83. The van der Waals surface area contributed by atoms with Crippen LogP contribution >= 0.6 is 18.9 Å². The molecule has 3 rings (SSSR count). The van der Waals surface area contributed by atoms with Gasteiger partial charge in [-0.2, -0.15) is 0 Å². The van der Waals surface area contributed by atoms with Crippen LogP contribution in [0.3, 0.4) is 0 Å². The van der Waals surface area contributed by atoms with E-state index < -0.39 is 12.6 Å². The second kappa shape index (κ2) is 7.27. The second-order valence-electron chi connectivity index (χ2n) is 5.46. The van der Waals surface area contributed by atoms with Crippen molar-refractivity contribution in [2.45, 2.75) is 5.30 Å². The summed E-state index contributed by atoms with van der Waals surface area (Å²) in [6, 6.07) is 31.5. The second-order valence-corrected chi connectivity index (χ2v) is 10.1. The Morgan fingerprint density at radius 3 is 1.22 bits per heavy atom. The average Bonchev–Trinajstić information content (AvgIpc) is 2.65. The van der Waals surface area contributed by atoms with E-state index in [-0.39, 0.29) is 0 Å². The Morgan fingerprint density at radius 2 is 0.957 bits per heavy atom. The number of methoxy groups -OCH3 is 1. The van der Waals surface area contributed by atoms with E-state index in [1.54, 1.807) is 7.11 Å². The fourth-order valence-electron chi connectivity index (χ4n) is 3.17. The molecule has 118 valence electrons. The average molecular weight is 343 g/mol. The van der Waals surface area contributed by atoms with Crippen molar-refractivity contribution in [1.82, 2.24) is 0 Å². The van der Waals surface area contributed by atoms with Crippen molar-refractivity contribution in [3.8, 4) is 0 Å². The van der Waals surface area contributed by atoms with Crippen molar-refractivity contribution in [2.24, 2.45) is 0 Å². The van der Waals surface area contributed by atoms with Crippen molar-refractivity contribution < 1.29 is 4.74 Å². The van der Waals surface area contributed by atoms with E-state index in [1.165, 1.54) is 15.9 Å². The topological polar surface area (TPSA) is 9.23 Å². The van der Waals surface area contributed by atoms with Gasteiger partial charge in [0.2, 0.25) is 0 Å². The van der Waals surface area contributed by atoms with Gasteiger partial charge in [0.15, 0.2) is 0 Å². The van der Waals surface area contributed by atoms with Crippen LogP contribution in [0, 0.1) is 0 Å². The Morgan fingerprint density at radius 1 is 0.652 bits per heavy atom. The van der Waals surface area contributed by atoms with E-state index >= 15 is 0 Å². The molecule has 0 aromatic heterocycles. The molecule has 0 amide bonds. The molecule has 0 bridgehead atoms. The summed E-state index contributed by atoms with van der Waals surface area (Å²) in [6.07, 6.45) is 0. The molecule has 23 heavy (non-hydrogen) atoms. The molecule has 0 spiro atoms. The van der Waals surface area contributed by atoms with Crippen molar-refractivity contribution >= 4 is 34.8 Å². The number of halogens is 1. The molecule has 0 aliphatic carbocycles. The molecule has 1 unspecified atom stereocenters. The van der Waals surface area contributed by atoms with Gasteiger partial charge in [-0.05, 0) is 0 Å². The SMILES string of the molecule is COC(Cl)[PH](c1ccccc1)(c1ccccc1)c1ccccc1. The molecule has 0 fully saturated rings. The molecule has 0 saturated heterocycles. The van der Waals surface area contributed by atoms with Crippen LogP contribution in [0.2, 0.25) is 0 Å². The number of hydrogen-bond donors (Lipinski definition) is 0. The molecular weight excluding hydrogens is 323 g/mol. The first-order valence-corrected chi connectivity index (χ1v) is 10.1. The fourth-order valence-corrected chi connectivity index (χ4v) is 8.60. The van der Waals surface area contributed by atoms with E-state index in [0.29, 0.717) is 0 Å². The van der Waals surface area contributed by atoms with Gasteiger partial charge in [-0.15, -0.1) is 0 Å². The normalized spacial score (nSPS) is 13.5. The van der Waals surface area contributed by atoms with Gasteiger partial charge in [0.1, 0.15) is 0 Å². The van der Waals surface area contributed by atoms with Crippen molar-refractivity contribution in [2.75, 3.05) is 7.11 Å². The molecular formula is C20H20ClOP. The van der Waals surface area contributed by atoms with Crippen molar-refractivity contribution in [1.29, 1.82) is 0 Å². The standard InChI is InChI=1S/C20H20ClOP/c1-22-20(21)23(17-11-5-2-6-12-17,18-13-7-3-8-14-18)19-15-9-4-10-16-19/h2-16,20,23H,1H3. The van der Waals surface area contributed by atoms with E-state index in [4.69, 9.17) is 16.3 Å². The van der Waals surface area contributed by atoms with Gasteiger partial charge in [0.05, 0.1) is 0 Å². The third-order valence-electron chi connectivity index (χ3n) is 4.23. The quantitative estimate of drug-likeness (QED) is 0.505. The Hall–Kier alpha value is -1.66. The van der Waals surface area contributed by atoms with Gasteiger partial charge in [0.25, 0.3) is 0 Å². The summed E-state index contributed by atoms with van der Waals surface area (Å²) in [4.78, 5) is 0. The van der Waals surface area contributed by atoms with E-state index in [9.17, 15) is 0 Å². The molecule has 1 nitrogen and oxygen atoms in total. The molecule has 3 aromatic rings. The Balaban J connectivity index is 2.35. The summed E-state index contributed by atoms with van der Waals surface area (Å²) >= 11 is 6.83. The monoisotopic (exact) mass is 342 g/mol. The van der Waals surface area contributed by atoms with Crippen LogP contribution in [-0.4, -0.2) is 12.4 Å². The number of benzene rings is 3. The van der Waals surface area contributed by atoms with Gasteiger partial charge in [-0.25, -0.2) is 0 Å². The first kappa shape index (κ1) is 16.2. The summed E-state index contributed by atoms with van der Waals surface area (Å²) in [7, 11) is -0.795. The van der Waals surface area contributed by atoms with Gasteiger partial charge < -0.3 is 0 Å². The summed E-state index contributed by atoms with van der Waals surface area (Å²) in [5, 5.41) is 3.35. The van der Waals surface area contributed by atoms with Gasteiger partial charge in [-0.1, -0.05) is 0 Å². The van der Waals surface area contributed by atoms with Gasteiger partial charge in [-0.3, -0.25) is 0 Å². The van der Waals surface area contributed by atoms with E-state index in [1.807, 2.05) is 18.2 Å². The van der Waals surface area contributed by atoms with Crippen LogP contribution in [0.4, 0.5) is 0 Å². The third kappa shape index (κ3) is 2.93. The minimum atomic E-state index is -2.48. The van der Waals surface area contributed by atoms with Crippen LogP contribution in [0.5, 0.6) is 0 Å². The Bertz CT molecular complexity index is 635. The number of ether oxygens (including phenoxy) is 1. The molecule has 0 radical (unpaired) electrons. The zero-order chi connectivity index (χ0) is 16.1. The fraction of sp³-hybridized carbons (Fsp3) is 0.100. The number of rotatable bonds is 5. The van der Waals surface area contributed by atoms with Crippen LogP contribution < -0.4 is 15.9 Å². The van der Waals surface area contributed by atoms with Crippen molar-refractivity contribution in [3.63, 3.8) is 0 Å². The molecule has 0 aliphatic rings. The zero-order valence-corrected chi connectivity index (χ0v) is 14.8. The molecule has 1 atom stereocenters. The predicted octanol–water partition coefficient (Wildman–Crippen LogP) is 3.88. The first-order valence-electron chi connectivity index (χ1n) is 7.63. The molecule has 0 heterocycles. The number of alkyl halides is 1. The maximum absolute atomic E-state index is 6.83. The molecule has 0 N–H and O–H groups in total.